The zero-order valence-electron chi connectivity index (χ0n) is 42.4. The molecule has 2 aliphatic rings. The van der Waals surface area contributed by atoms with Crippen LogP contribution in [-0.2, 0) is 10.8 Å². The first-order valence-electron chi connectivity index (χ1n) is 26.4. The van der Waals surface area contributed by atoms with Crippen LogP contribution in [0.1, 0.15) is 49.9 Å². The van der Waals surface area contributed by atoms with Crippen molar-refractivity contribution < 1.29 is 0 Å². The molecule has 354 valence electrons. The molecule has 75 heavy (non-hydrogen) atoms. The monoisotopic (exact) mass is 957 g/mol. The second-order valence-electron chi connectivity index (χ2n) is 22.1. The van der Waals surface area contributed by atoms with Gasteiger partial charge in [0.25, 0.3) is 0 Å². The molecular weight excluding hydrogens is 907 g/mol. The normalized spacial score (nSPS) is 14.1. The average molecular weight is 958 g/mol. The van der Waals surface area contributed by atoms with E-state index in [1.165, 1.54) is 144 Å². The van der Waals surface area contributed by atoms with Crippen LogP contribution < -0.4 is 0 Å². The van der Waals surface area contributed by atoms with Crippen molar-refractivity contribution in [2.45, 2.75) is 38.5 Å². The Hall–Kier alpha value is -9.18. The van der Waals surface area contributed by atoms with Gasteiger partial charge in [0.05, 0.1) is 38.8 Å². The predicted octanol–water partition coefficient (Wildman–Crippen LogP) is 18.9. The lowest BCUT2D eigenvalue weighted by Gasteiger charge is -2.21. The third-order valence-corrected chi connectivity index (χ3v) is 17.4. The van der Waals surface area contributed by atoms with E-state index >= 15 is 0 Å². The van der Waals surface area contributed by atoms with Gasteiger partial charge in [0, 0.05) is 60.1 Å². The lowest BCUT2D eigenvalue weighted by atomic mass is 9.82. The maximum Gasteiger partial charge on any atom is 0.0543 e. The van der Waals surface area contributed by atoms with Crippen LogP contribution in [0.25, 0.3) is 127 Å². The average Bonchev–Trinajstić information content (AvgIpc) is 4.23. The van der Waals surface area contributed by atoms with E-state index in [2.05, 4.69) is 278 Å². The van der Waals surface area contributed by atoms with Gasteiger partial charge in [-0.1, -0.05) is 179 Å². The summed E-state index contributed by atoms with van der Waals surface area (Å²) in [5, 5.41) is 7.46. The molecule has 14 aromatic rings. The van der Waals surface area contributed by atoms with Crippen molar-refractivity contribution in [2.24, 2.45) is 0 Å². The fourth-order valence-corrected chi connectivity index (χ4v) is 13.9. The fourth-order valence-electron chi connectivity index (χ4n) is 13.9. The molecule has 3 aromatic heterocycles. The Morgan fingerprint density at radius 3 is 1.28 bits per heavy atom. The van der Waals surface area contributed by atoms with Crippen LogP contribution in [0.5, 0.6) is 0 Å². The molecule has 0 saturated carbocycles. The first-order valence-corrected chi connectivity index (χ1v) is 26.4. The first kappa shape index (κ1) is 42.3. The molecule has 0 atom stereocenters. The summed E-state index contributed by atoms with van der Waals surface area (Å²) in [5.41, 5.74) is 26.1. The lowest BCUT2D eigenvalue weighted by Crippen LogP contribution is -2.14. The Kier molecular flexibility index (Phi) is 8.58. The molecule has 3 heteroatoms. The molecule has 0 unspecified atom stereocenters. The van der Waals surface area contributed by atoms with E-state index in [0.717, 1.165) is 5.69 Å². The van der Waals surface area contributed by atoms with Crippen molar-refractivity contribution in [3.05, 3.63) is 259 Å². The van der Waals surface area contributed by atoms with Gasteiger partial charge >= 0.3 is 0 Å². The van der Waals surface area contributed by atoms with Crippen LogP contribution in [0, 0.1) is 0 Å². The van der Waals surface area contributed by atoms with Gasteiger partial charge < -0.3 is 13.7 Å². The molecule has 3 nitrogen and oxygen atoms in total. The van der Waals surface area contributed by atoms with Crippen LogP contribution in [-0.4, -0.2) is 13.7 Å². The van der Waals surface area contributed by atoms with E-state index in [9.17, 15) is 0 Å². The summed E-state index contributed by atoms with van der Waals surface area (Å²) in [5.74, 6) is 0. The van der Waals surface area contributed by atoms with E-state index < -0.39 is 0 Å². The highest BCUT2D eigenvalue weighted by molar-refractivity contribution is 6.13. The van der Waals surface area contributed by atoms with Crippen LogP contribution in [0.4, 0.5) is 0 Å². The third kappa shape index (κ3) is 5.81. The molecule has 2 aliphatic carbocycles. The summed E-state index contributed by atoms with van der Waals surface area (Å²) in [6.45, 7) is 9.45. The Morgan fingerprint density at radius 2 is 0.680 bits per heavy atom. The minimum Gasteiger partial charge on any atom is -0.309 e. The summed E-state index contributed by atoms with van der Waals surface area (Å²) >= 11 is 0. The summed E-state index contributed by atoms with van der Waals surface area (Å²) < 4.78 is 7.45. The third-order valence-electron chi connectivity index (χ3n) is 17.4. The van der Waals surface area contributed by atoms with Crippen LogP contribution in [0.2, 0.25) is 0 Å². The Labute approximate surface area is 435 Å². The van der Waals surface area contributed by atoms with E-state index in [1.807, 2.05) is 0 Å². The summed E-state index contributed by atoms with van der Waals surface area (Å²) in [6, 6.07) is 89.0. The second-order valence-corrected chi connectivity index (χ2v) is 22.1. The Balaban J connectivity index is 0.908. The number of fused-ring (bicyclic) bond motifs is 15. The largest absolute Gasteiger partial charge is 0.309 e. The van der Waals surface area contributed by atoms with Crippen LogP contribution in [0.3, 0.4) is 0 Å². The number of hydrogen-bond acceptors (Lipinski definition) is 0. The van der Waals surface area contributed by atoms with Gasteiger partial charge in [0.2, 0.25) is 0 Å². The zero-order chi connectivity index (χ0) is 49.9. The minimum absolute atomic E-state index is 0.0508. The fraction of sp³-hybridized carbons (Fsp3) is 0.0833. The number of benzene rings is 11. The number of aromatic nitrogens is 3. The Morgan fingerprint density at radius 1 is 0.253 bits per heavy atom. The van der Waals surface area contributed by atoms with Gasteiger partial charge in [-0.25, -0.2) is 0 Å². The first-order chi connectivity index (χ1) is 36.7. The topological polar surface area (TPSA) is 14.8 Å². The maximum atomic E-state index is 2.51. The SMILES string of the molecule is CC1(C)c2ccccc2-c2cc(-n3c4ccccc4c4cc(-c5cc(-c6ccc7c(c6)c6ccccc6n7-c6cccc7c6-c6ccccc6C7(C)C)cc(-n6c7ccccc7c7ccccc76)c5)ccc43)ccc21. The number of para-hydroxylation sites is 4. The van der Waals surface area contributed by atoms with Gasteiger partial charge in [0.15, 0.2) is 0 Å². The van der Waals surface area contributed by atoms with Crippen molar-refractivity contribution in [3.63, 3.8) is 0 Å². The van der Waals surface area contributed by atoms with Crippen molar-refractivity contribution in [1.82, 2.24) is 13.7 Å². The molecule has 0 radical (unpaired) electrons. The molecule has 0 amide bonds. The van der Waals surface area contributed by atoms with E-state index in [0.29, 0.717) is 0 Å². The highest BCUT2D eigenvalue weighted by atomic mass is 15.0. The summed E-state index contributed by atoms with van der Waals surface area (Å²) in [7, 11) is 0. The molecular formula is C72H51N3. The highest BCUT2D eigenvalue weighted by Crippen LogP contribution is 2.53. The molecule has 0 fully saturated rings. The molecule has 0 spiro atoms. The smallest absolute Gasteiger partial charge is 0.0543 e. The van der Waals surface area contributed by atoms with Crippen molar-refractivity contribution in [3.8, 4) is 61.6 Å². The quantitative estimate of drug-likeness (QED) is 0.163. The van der Waals surface area contributed by atoms with Gasteiger partial charge in [-0.3, -0.25) is 0 Å². The van der Waals surface area contributed by atoms with Crippen LogP contribution in [0.15, 0.2) is 237 Å². The molecule has 0 aliphatic heterocycles. The lowest BCUT2D eigenvalue weighted by molar-refractivity contribution is 0.660. The minimum atomic E-state index is -0.0956. The van der Waals surface area contributed by atoms with Crippen molar-refractivity contribution in [2.75, 3.05) is 0 Å². The van der Waals surface area contributed by atoms with E-state index in [1.54, 1.807) is 0 Å². The number of rotatable bonds is 5. The molecule has 0 N–H and O–H groups in total. The molecule has 0 saturated heterocycles. The zero-order valence-corrected chi connectivity index (χ0v) is 42.4. The number of nitrogens with zero attached hydrogens (tertiary/aromatic N) is 3. The van der Waals surface area contributed by atoms with Gasteiger partial charge in [-0.05, 0) is 146 Å². The van der Waals surface area contributed by atoms with Gasteiger partial charge in [-0.2, -0.15) is 0 Å². The second kappa shape index (κ2) is 15.2. The summed E-state index contributed by atoms with van der Waals surface area (Å²) in [6.07, 6.45) is 0. The molecule has 16 rings (SSSR count). The Bertz CT molecular complexity index is 4720. The van der Waals surface area contributed by atoms with Crippen molar-refractivity contribution in [1.29, 1.82) is 0 Å². The molecule has 11 aromatic carbocycles. The number of hydrogen-bond donors (Lipinski definition) is 0. The predicted molar refractivity (Wildman–Crippen MR) is 315 cm³/mol. The van der Waals surface area contributed by atoms with Gasteiger partial charge in [0.1, 0.15) is 0 Å². The highest BCUT2D eigenvalue weighted by Gasteiger charge is 2.38. The van der Waals surface area contributed by atoms with E-state index in [-0.39, 0.29) is 10.8 Å². The van der Waals surface area contributed by atoms with Crippen molar-refractivity contribution >= 4 is 65.4 Å². The maximum absolute atomic E-state index is 2.51. The summed E-state index contributed by atoms with van der Waals surface area (Å²) in [4.78, 5) is 0. The van der Waals surface area contributed by atoms with Gasteiger partial charge in [-0.15, -0.1) is 0 Å². The van der Waals surface area contributed by atoms with E-state index in [4.69, 9.17) is 0 Å². The standard InChI is InChI=1S/C72H51N3/c1-71(2)59-24-11-5-18-50(59)56-43-48(34-35-61(56)71)73-65-29-15-9-21-53(65)57-41-44(32-36-67(57)73)46-38-47(40-49(39-46)74-63-27-13-7-19-51(63)52-20-8-14-28-64(52)74)45-33-37-68-58(42-45)54-22-10-16-30-66(54)75(68)69-31-17-26-62-70(69)55-23-6-12-25-60(55)72(62,3)4/h5-43H,1-4H3. The molecule has 3 heterocycles. The van der Waals surface area contributed by atoms with Crippen LogP contribution >= 0.6 is 0 Å². The molecule has 0 bridgehead atoms.